The zero-order chi connectivity index (χ0) is 22.9. The highest BCUT2D eigenvalue weighted by Gasteiger charge is 2.40. The largest absolute Gasteiger partial charge is 0.415 e. The van der Waals surface area contributed by atoms with Crippen LogP contribution in [0.15, 0.2) is 24.7 Å². The van der Waals surface area contributed by atoms with Gasteiger partial charge in [-0.3, -0.25) is 0 Å². The number of hydrogen-bond acceptors (Lipinski definition) is 5. The predicted octanol–water partition coefficient (Wildman–Crippen LogP) is 5.34. The average molecular weight is 485 g/mol. The van der Waals surface area contributed by atoms with Crippen molar-refractivity contribution in [2.45, 2.75) is 25.6 Å². The predicted molar refractivity (Wildman–Crippen MR) is 101 cm³/mol. The van der Waals surface area contributed by atoms with Crippen LogP contribution in [0, 0.1) is 0 Å². The molecule has 2 N–H and O–H groups in total. The number of nitrogens with zero attached hydrogens (tertiary/aromatic N) is 4. The van der Waals surface area contributed by atoms with Crippen LogP contribution >= 0.6 is 23.2 Å². The highest BCUT2D eigenvalue weighted by atomic mass is 35.5. The molecule has 0 aliphatic rings. The number of amides is 2. The summed E-state index contributed by atoms with van der Waals surface area (Å²) in [7, 11) is 0. The van der Waals surface area contributed by atoms with Gasteiger partial charge in [0.2, 0.25) is 5.88 Å². The molecule has 0 saturated carbocycles. The number of aromatic nitrogens is 4. The second-order valence-electron chi connectivity index (χ2n) is 6.04. The summed E-state index contributed by atoms with van der Waals surface area (Å²) in [6.07, 6.45) is -1.46. The van der Waals surface area contributed by atoms with E-state index in [2.05, 4.69) is 30.4 Å². The van der Waals surface area contributed by atoms with Gasteiger partial charge in [-0.1, -0.05) is 23.2 Å². The zero-order valence-electron chi connectivity index (χ0n) is 15.2. The van der Waals surface area contributed by atoms with Crippen LogP contribution in [0.2, 0.25) is 10.2 Å². The van der Waals surface area contributed by atoms with Gasteiger partial charge in [0, 0.05) is 5.56 Å². The first-order valence-electron chi connectivity index (χ1n) is 8.24. The molecule has 0 aliphatic heterocycles. The molecule has 0 radical (unpaired) electrons. The first kappa shape index (κ1) is 22.7. The fourth-order valence-electron chi connectivity index (χ4n) is 2.56. The molecule has 1 atom stereocenters. The Labute approximate surface area is 180 Å². The van der Waals surface area contributed by atoms with E-state index in [1.807, 2.05) is 0 Å². The topological polar surface area (TPSA) is 93.4 Å². The molecule has 0 saturated heterocycles. The Balaban J connectivity index is 1.87. The van der Waals surface area contributed by atoms with Crippen molar-refractivity contribution in [1.29, 1.82) is 0 Å². The Bertz CT molecular complexity index is 1120. The fraction of sp³-hybridized carbons (Fsp3) is 0.250. The molecule has 0 aromatic carbocycles. The van der Waals surface area contributed by atoms with Crippen molar-refractivity contribution in [2.75, 3.05) is 10.6 Å². The summed E-state index contributed by atoms with van der Waals surface area (Å²) < 4.78 is 69.8. The Morgan fingerprint density at radius 2 is 1.94 bits per heavy atom. The minimum atomic E-state index is -4.65. The molecule has 3 aromatic rings. The van der Waals surface area contributed by atoms with Crippen LogP contribution in [-0.2, 0) is 0 Å². The van der Waals surface area contributed by atoms with Gasteiger partial charge in [-0.2, -0.15) is 27.1 Å². The molecule has 0 fully saturated rings. The highest BCUT2D eigenvalue weighted by molar-refractivity contribution is 6.32. The van der Waals surface area contributed by atoms with Gasteiger partial charge in [0.25, 0.3) is 0 Å². The Hall–Kier alpha value is -2.93. The minimum Gasteiger partial charge on any atom is -0.415 e. The van der Waals surface area contributed by atoms with Gasteiger partial charge in [-0.25, -0.2) is 19.3 Å². The van der Waals surface area contributed by atoms with Crippen LogP contribution < -0.4 is 15.4 Å². The van der Waals surface area contributed by atoms with Crippen LogP contribution in [-0.4, -0.2) is 38.4 Å². The van der Waals surface area contributed by atoms with Crippen LogP contribution in [0.4, 0.5) is 38.1 Å². The van der Waals surface area contributed by atoms with E-state index >= 15 is 0 Å². The number of anilines is 2. The van der Waals surface area contributed by atoms with E-state index in [0.29, 0.717) is 0 Å². The third-order valence-electron chi connectivity index (χ3n) is 3.94. The molecule has 3 heterocycles. The molecule has 166 valence electrons. The number of ether oxygens (including phenoxy) is 1. The van der Waals surface area contributed by atoms with Crippen molar-refractivity contribution >= 4 is 46.3 Å². The monoisotopic (exact) mass is 484 g/mol. The number of carbonyl (C=O) groups excluding carboxylic acids is 1. The number of halogens is 7. The van der Waals surface area contributed by atoms with Crippen LogP contribution in [0.25, 0.3) is 5.65 Å². The lowest BCUT2D eigenvalue weighted by Gasteiger charge is -2.20. The number of carbonyl (C=O) groups is 1. The molecular formula is C16H11Cl2F5N6O2. The highest BCUT2D eigenvalue weighted by Crippen LogP contribution is 2.39. The summed E-state index contributed by atoms with van der Waals surface area (Å²) in [6.45, 7) is -2.26. The first-order valence-corrected chi connectivity index (χ1v) is 9.00. The third kappa shape index (κ3) is 5.22. The maximum atomic E-state index is 13.4. The molecule has 31 heavy (non-hydrogen) atoms. The van der Waals surface area contributed by atoms with E-state index in [9.17, 15) is 26.7 Å². The number of nitrogens with one attached hydrogen (secondary N) is 2. The van der Waals surface area contributed by atoms with Gasteiger partial charge in [0.15, 0.2) is 5.65 Å². The standard InChI is InChI=1S/C16H11Cl2F5N6O2/c1-6(16(21,22)23)11-9(4-25-29-5-10(18)28-12(11)29)27-15(30)26-7-2-8(17)13(24-3-7)31-14(19)20/h2-6,14H,1H3,(H2,26,27,30). The van der Waals surface area contributed by atoms with Crippen LogP contribution in [0.1, 0.15) is 18.4 Å². The second kappa shape index (κ2) is 8.67. The molecule has 3 aromatic heterocycles. The van der Waals surface area contributed by atoms with E-state index in [0.717, 1.165) is 29.9 Å². The van der Waals surface area contributed by atoms with Crippen LogP contribution in [0.3, 0.4) is 0 Å². The molecule has 0 aliphatic carbocycles. The molecule has 3 rings (SSSR count). The number of fused-ring (bicyclic) bond motifs is 1. The van der Waals surface area contributed by atoms with Gasteiger partial charge in [0.1, 0.15) is 10.2 Å². The van der Waals surface area contributed by atoms with E-state index in [1.165, 1.54) is 6.20 Å². The molecular weight excluding hydrogens is 474 g/mol. The number of hydrogen-bond donors (Lipinski definition) is 2. The van der Waals surface area contributed by atoms with Gasteiger partial charge in [-0.15, -0.1) is 0 Å². The summed E-state index contributed by atoms with van der Waals surface area (Å²) in [4.78, 5) is 19.7. The number of rotatable bonds is 5. The van der Waals surface area contributed by atoms with Crippen LogP contribution in [0.5, 0.6) is 5.88 Å². The molecule has 0 spiro atoms. The number of alkyl halides is 5. The van der Waals surface area contributed by atoms with Crippen molar-refractivity contribution in [3.8, 4) is 5.88 Å². The Kier molecular flexibility index (Phi) is 6.36. The van der Waals surface area contributed by atoms with Gasteiger partial charge in [0.05, 0.1) is 35.9 Å². The normalized spacial score (nSPS) is 12.8. The molecule has 0 bridgehead atoms. The molecule has 1 unspecified atom stereocenters. The first-order chi connectivity index (χ1) is 14.5. The fourth-order valence-corrected chi connectivity index (χ4v) is 2.95. The minimum absolute atomic E-state index is 0.0348. The summed E-state index contributed by atoms with van der Waals surface area (Å²) in [6, 6.07) is 0.0980. The molecule has 8 nitrogen and oxygen atoms in total. The number of pyridine rings is 1. The van der Waals surface area contributed by atoms with Gasteiger partial charge in [-0.05, 0) is 13.0 Å². The Morgan fingerprint density at radius 3 is 2.55 bits per heavy atom. The lowest BCUT2D eigenvalue weighted by Crippen LogP contribution is -2.24. The zero-order valence-corrected chi connectivity index (χ0v) is 16.7. The third-order valence-corrected chi connectivity index (χ3v) is 4.39. The van der Waals surface area contributed by atoms with E-state index in [-0.39, 0.29) is 32.8 Å². The van der Waals surface area contributed by atoms with E-state index < -0.39 is 30.6 Å². The summed E-state index contributed by atoms with van der Waals surface area (Å²) in [5.41, 5.74) is -0.853. The summed E-state index contributed by atoms with van der Waals surface area (Å²) >= 11 is 11.5. The van der Waals surface area contributed by atoms with Crippen molar-refractivity contribution in [3.05, 3.63) is 40.4 Å². The lowest BCUT2D eigenvalue weighted by atomic mass is 10.0. The smallest absolute Gasteiger partial charge is 0.395 e. The van der Waals surface area contributed by atoms with Crippen molar-refractivity contribution in [3.63, 3.8) is 0 Å². The van der Waals surface area contributed by atoms with E-state index in [4.69, 9.17) is 23.2 Å². The summed E-state index contributed by atoms with van der Waals surface area (Å²) in [5, 5.41) is 7.99. The van der Waals surface area contributed by atoms with Crippen molar-refractivity contribution < 1.29 is 31.5 Å². The second-order valence-corrected chi connectivity index (χ2v) is 6.83. The molecule has 15 heteroatoms. The van der Waals surface area contributed by atoms with Gasteiger partial charge < -0.3 is 15.4 Å². The SMILES string of the molecule is CC(c1c(NC(=O)Nc2cnc(OC(F)F)c(Cl)c2)cnn2cc(Cl)nc12)C(F)(F)F. The van der Waals surface area contributed by atoms with Gasteiger partial charge >= 0.3 is 18.8 Å². The quantitative estimate of drug-likeness (QED) is 0.476. The van der Waals surface area contributed by atoms with Crippen molar-refractivity contribution in [1.82, 2.24) is 19.6 Å². The maximum Gasteiger partial charge on any atom is 0.395 e. The number of urea groups is 1. The summed E-state index contributed by atoms with van der Waals surface area (Å²) in [5.74, 6) is -2.58. The Morgan fingerprint density at radius 1 is 1.23 bits per heavy atom. The number of imidazole rings is 1. The van der Waals surface area contributed by atoms with Crippen molar-refractivity contribution in [2.24, 2.45) is 0 Å². The maximum absolute atomic E-state index is 13.4. The average Bonchev–Trinajstić information content (AvgIpc) is 3.02. The molecule has 2 amide bonds. The lowest BCUT2D eigenvalue weighted by molar-refractivity contribution is -0.146. The van der Waals surface area contributed by atoms with E-state index in [1.54, 1.807) is 0 Å².